The van der Waals surface area contributed by atoms with Gasteiger partial charge in [0.15, 0.2) is 0 Å². The van der Waals surface area contributed by atoms with Gasteiger partial charge < -0.3 is 10.2 Å². The summed E-state index contributed by atoms with van der Waals surface area (Å²) in [5, 5.41) is 0. The van der Waals surface area contributed by atoms with Crippen molar-refractivity contribution in [1.82, 2.24) is 0 Å². The summed E-state index contributed by atoms with van der Waals surface area (Å²) in [5.41, 5.74) is 5.88. The Morgan fingerprint density at radius 3 is 2.67 bits per heavy atom. The number of rotatable bonds is 4. The molecule has 2 nitrogen and oxygen atoms in total. The van der Waals surface area contributed by atoms with Gasteiger partial charge in [-0.05, 0) is 18.6 Å². The highest BCUT2D eigenvalue weighted by Crippen LogP contribution is 2.18. The molecule has 1 heterocycles. The van der Waals surface area contributed by atoms with Crippen molar-refractivity contribution in [3.8, 4) is 0 Å². The quantitative estimate of drug-likeness (QED) is 0.748. The molecule has 2 heteroatoms. The summed E-state index contributed by atoms with van der Waals surface area (Å²) in [5.74, 6) is 1.95. The average molecular weight is 167 g/mol. The normalized spacial score (nSPS) is 13.2. The SMILES string of the molecule is CCCC(N)c1ccc(CC)o1. The zero-order valence-corrected chi connectivity index (χ0v) is 7.84. The second-order valence-electron chi connectivity index (χ2n) is 3.05. The maximum atomic E-state index is 5.88. The molecule has 0 saturated heterocycles. The Morgan fingerprint density at radius 2 is 2.17 bits per heavy atom. The molecule has 1 aromatic heterocycles. The second-order valence-corrected chi connectivity index (χ2v) is 3.05. The van der Waals surface area contributed by atoms with Gasteiger partial charge in [-0.2, -0.15) is 0 Å². The van der Waals surface area contributed by atoms with Crippen LogP contribution in [-0.4, -0.2) is 0 Å². The lowest BCUT2D eigenvalue weighted by Crippen LogP contribution is -2.08. The lowest BCUT2D eigenvalue weighted by Gasteiger charge is -2.05. The van der Waals surface area contributed by atoms with Crippen LogP contribution in [0.3, 0.4) is 0 Å². The standard InChI is InChI=1S/C10H17NO/c1-3-5-9(11)10-7-6-8(4-2)12-10/h6-7,9H,3-5,11H2,1-2H3. The number of aryl methyl sites for hydroxylation is 1. The van der Waals surface area contributed by atoms with E-state index in [-0.39, 0.29) is 6.04 Å². The van der Waals surface area contributed by atoms with Gasteiger partial charge in [-0.1, -0.05) is 20.3 Å². The minimum absolute atomic E-state index is 0.0790. The van der Waals surface area contributed by atoms with Crippen LogP contribution in [0.4, 0.5) is 0 Å². The highest BCUT2D eigenvalue weighted by atomic mass is 16.3. The summed E-state index contributed by atoms with van der Waals surface area (Å²) in [6, 6.07) is 4.07. The highest BCUT2D eigenvalue weighted by molar-refractivity contribution is 5.10. The average Bonchev–Trinajstić information content (AvgIpc) is 2.52. The van der Waals surface area contributed by atoms with Crippen molar-refractivity contribution >= 4 is 0 Å². The summed E-state index contributed by atoms with van der Waals surface area (Å²) in [6.07, 6.45) is 3.04. The zero-order chi connectivity index (χ0) is 8.97. The van der Waals surface area contributed by atoms with Gasteiger partial charge in [-0.3, -0.25) is 0 Å². The molecule has 1 rings (SSSR count). The molecule has 68 valence electrons. The molecule has 0 aromatic carbocycles. The molecular weight excluding hydrogens is 150 g/mol. The molecule has 1 aromatic rings. The smallest absolute Gasteiger partial charge is 0.120 e. The third kappa shape index (κ3) is 2.11. The summed E-state index contributed by atoms with van der Waals surface area (Å²) >= 11 is 0. The molecule has 0 spiro atoms. The molecule has 0 amide bonds. The third-order valence-corrected chi connectivity index (χ3v) is 2.00. The molecule has 1 atom stereocenters. The molecule has 0 aliphatic rings. The predicted molar refractivity (Wildman–Crippen MR) is 49.9 cm³/mol. The Labute approximate surface area is 73.8 Å². The summed E-state index contributed by atoms with van der Waals surface area (Å²) < 4.78 is 5.52. The molecule has 0 radical (unpaired) electrons. The fourth-order valence-electron chi connectivity index (χ4n) is 1.24. The van der Waals surface area contributed by atoms with E-state index < -0.39 is 0 Å². The largest absolute Gasteiger partial charge is 0.464 e. The van der Waals surface area contributed by atoms with E-state index in [0.29, 0.717) is 0 Å². The van der Waals surface area contributed by atoms with Crippen LogP contribution in [-0.2, 0) is 6.42 Å². The van der Waals surface area contributed by atoms with Crippen molar-refractivity contribution in [3.63, 3.8) is 0 Å². The van der Waals surface area contributed by atoms with Crippen molar-refractivity contribution in [2.45, 2.75) is 39.2 Å². The Bertz CT molecular complexity index is 229. The summed E-state index contributed by atoms with van der Waals surface area (Å²) in [6.45, 7) is 4.21. The first-order valence-corrected chi connectivity index (χ1v) is 4.62. The molecule has 1 unspecified atom stereocenters. The van der Waals surface area contributed by atoms with Crippen LogP contribution in [0.15, 0.2) is 16.5 Å². The van der Waals surface area contributed by atoms with Gasteiger partial charge in [-0.15, -0.1) is 0 Å². The third-order valence-electron chi connectivity index (χ3n) is 2.00. The van der Waals surface area contributed by atoms with Gasteiger partial charge in [0.25, 0.3) is 0 Å². The fraction of sp³-hybridized carbons (Fsp3) is 0.600. The van der Waals surface area contributed by atoms with Crippen molar-refractivity contribution in [2.75, 3.05) is 0 Å². The van der Waals surface area contributed by atoms with E-state index in [9.17, 15) is 0 Å². The van der Waals surface area contributed by atoms with Gasteiger partial charge in [0.2, 0.25) is 0 Å². The molecule has 0 saturated carbocycles. The number of furan rings is 1. The zero-order valence-electron chi connectivity index (χ0n) is 7.84. The number of nitrogens with two attached hydrogens (primary N) is 1. The summed E-state index contributed by atoms with van der Waals surface area (Å²) in [4.78, 5) is 0. The van der Waals surface area contributed by atoms with Crippen LogP contribution >= 0.6 is 0 Å². The minimum Gasteiger partial charge on any atom is -0.464 e. The molecule has 0 bridgehead atoms. The first-order valence-electron chi connectivity index (χ1n) is 4.62. The van der Waals surface area contributed by atoms with E-state index >= 15 is 0 Å². The van der Waals surface area contributed by atoms with E-state index in [1.807, 2.05) is 12.1 Å². The predicted octanol–water partition coefficient (Wildman–Crippen LogP) is 2.64. The van der Waals surface area contributed by atoms with E-state index in [2.05, 4.69) is 13.8 Å². The first kappa shape index (κ1) is 9.33. The molecule has 2 N–H and O–H groups in total. The Hall–Kier alpha value is -0.760. The van der Waals surface area contributed by atoms with E-state index in [1.165, 1.54) is 0 Å². The lowest BCUT2D eigenvalue weighted by atomic mass is 10.1. The second kappa shape index (κ2) is 4.31. The highest BCUT2D eigenvalue weighted by Gasteiger charge is 2.08. The van der Waals surface area contributed by atoms with Gasteiger partial charge in [-0.25, -0.2) is 0 Å². The lowest BCUT2D eigenvalue weighted by molar-refractivity contribution is 0.423. The maximum Gasteiger partial charge on any atom is 0.120 e. The maximum absolute atomic E-state index is 5.88. The number of hydrogen-bond acceptors (Lipinski definition) is 2. The van der Waals surface area contributed by atoms with Crippen LogP contribution in [0, 0.1) is 0 Å². The summed E-state index contributed by atoms with van der Waals surface area (Å²) in [7, 11) is 0. The molecular formula is C10H17NO. The van der Waals surface area contributed by atoms with Gasteiger partial charge >= 0.3 is 0 Å². The monoisotopic (exact) mass is 167 g/mol. The van der Waals surface area contributed by atoms with Crippen LogP contribution in [0.5, 0.6) is 0 Å². The topological polar surface area (TPSA) is 39.2 Å². The van der Waals surface area contributed by atoms with Gasteiger partial charge in [0.05, 0.1) is 6.04 Å². The van der Waals surface area contributed by atoms with Crippen LogP contribution in [0.1, 0.15) is 44.3 Å². The van der Waals surface area contributed by atoms with Crippen molar-refractivity contribution in [3.05, 3.63) is 23.7 Å². The fourth-order valence-corrected chi connectivity index (χ4v) is 1.24. The van der Waals surface area contributed by atoms with E-state index in [1.54, 1.807) is 0 Å². The van der Waals surface area contributed by atoms with E-state index in [0.717, 1.165) is 30.8 Å². The van der Waals surface area contributed by atoms with Crippen molar-refractivity contribution < 1.29 is 4.42 Å². The van der Waals surface area contributed by atoms with Crippen LogP contribution in [0.2, 0.25) is 0 Å². The number of hydrogen-bond donors (Lipinski definition) is 1. The minimum atomic E-state index is 0.0790. The van der Waals surface area contributed by atoms with Crippen LogP contribution in [0.25, 0.3) is 0 Å². The molecule has 12 heavy (non-hydrogen) atoms. The first-order chi connectivity index (χ1) is 5.77. The Balaban J connectivity index is 2.61. The van der Waals surface area contributed by atoms with Crippen molar-refractivity contribution in [2.24, 2.45) is 5.73 Å². The Kier molecular flexibility index (Phi) is 3.35. The van der Waals surface area contributed by atoms with Crippen molar-refractivity contribution in [1.29, 1.82) is 0 Å². The molecule has 0 aliphatic carbocycles. The van der Waals surface area contributed by atoms with Gasteiger partial charge in [0, 0.05) is 6.42 Å². The Morgan fingerprint density at radius 1 is 1.42 bits per heavy atom. The molecule has 0 fully saturated rings. The van der Waals surface area contributed by atoms with E-state index in [4.69, 9.17) is 10.2 Å². The van der Waals surface area contributed by atoms with Crippen LogP contribution < -0.4 is 5.73 Å². The molecule has 0 aliphatic heterocycles. The van der Waals surface area contributed by atoms with Gasteiger partial charge in [0.1, 0.15) is 11.5 Å².